The summed E-state index contributed by atoms with van der Waals surface area (Å²) in [6.07, 6.45) is 11.1. The number of anilines is 2. The zero-order chi connectivity index (χ0) is 41.5. The SMILES string of the molecule is CN(C)c1cc(-c2[c-]n(-c3ccccc3)c3ncccc23)nc(C(c2ccccc2)(c2ccccc2)c2cc(N(C)C)cc(-c3[c-]n(-c4ccccc4)c4ncccc34)n2)c1.[Pt+2]. The molecule has 0 aliphatic carbocycles. The van der Waals surface area contributed by atoms with Crippen molar-refractivity contribution < 1.29 is 21.1 Å². The van der Waals surface area contributed by atoms with E-state index >= 15 is 0 Å². The van der Waals surface area contributed by atoms with Crippen LogP contribution in [0.15, 0.2) is 182 Å². The Balaban J connectivity index is 0.00000490. The minimum atomic E-state index is -1.00. The summed E-state index contributed by atoms with van der Waals surface area (Å²) in [6.45, 7) is 0. The molecule has 0 amide bonds. The first-order valence-electron chi connectivity index (χ1n) is 20.3. The molecule has 6 heterocycles. The van der Waals surface area contributed by atoms with Crippen LogP contribution in [0.25, 0.3) is 56.0 Å². The van der Waals surface area contributed by atoms with E-state index < -0.39 is 5.41 Å². The number of benzene rings is 4. The number of hydrogen-bond donors (Lipinski definition) is 0. The predicted octanol–water partition coefficient (Wildman–Crippen LogP) is 10.6. The van der Waals surface area contributed by atoms with E-state index in [0.717, 1.165) is 89.8 Å². The molecule has 0 spiro atoms. The number of hydrogen-bond acceptors (Lipinski definition) is 6. The fraction of sp³-hybridized carbons (Fsp3) is 0.0943. The van der Waals surface area contributed by atoms with Crippen molar-refractivity contribution in [1.82, 2.24) is 29.1 Å². The van der Waals surface area contributed by atoms with Gasteiger partial charge < -0.3 is 18.9 Å². The summed E-state index contributed by atoms with van der Waals surface area (Å²) >= 11 is 0. The zero-order valence-corrected chi connectivity index (χ0v) is 37.0. The Morgan fingerprint density at radius 3 is 1.19 bits per heavy atom. The third-order valence-corrected chi connectivity index (χ3v) is 11.4. The maximum absolute atomic E-state index is 5.74. The summed E-state index contributed by atoms with van der Waals surface area (Å²) in [5, 5.41) is 1.92. The first-order valence-corrected chi connectivity index (χ1v) is 20.3. The van der Waals surface area contributed by atoms with Crippen LogP contribution in [0.3, 0.4) is 0 Å². The van der Waals surface area contributed by atoms with E-state index in [1.54, 1.807) is 0 Å². The van der Waals surface area contributed by atoms with Crippen molar-refractivity contribution >= 4 is 33.4 Å². The van der Waals surface area contributed by atoms with Gasteiger partial charge in [-0.05, 0) is 59.2 Å². The van der Waals surface area contributed by atoms with E-state index in [1.807, 2.05) is 70.1 Å². The van der Waals surface area contributed by atoms with Crippen molar-refractivity contribution in [3.8, 4) is 33.9 Å². The fourth-order valence-corrected chi connectivity index (χ4v) is 8.36. The second-order valence-corrected chi connectivity index (χ2v) is 15.5. The Morgan fingerprint density at radius 2 is 0.823 bits per heavy atom. The van der Waals surface area contributed by atoms with Gasteiger partial charge in [-0.1, -0.05) is 167 Å². The molecule has 8 nitrogen and oxygen atoms in total. The molecule has 0 atom stereocenters. The Hall–Kier alpha value is -7.15. The van der Waals surface area contributed by atoms with Crippen molar-refractivity contribution in [2.75, 3.05) is 38.0 Å². The Morgan fingerprint density at radius 1 is 0.452 bits per heavy atom. The quantitative estimate of drug-likeness (QED) is 0.127. The van der Waals surface area contributed by atoms with E-state index in [0.29, 0.717) is 0 Å². The number of rotatable bonds is 10. The normalized spacial score (nSPS) is 11.4. The summed E-state index contributed by atoms with van der Waals surface area (Å²) in [5.74, 6) is 0. The van der Waals surface area contributed by atoms with Gasteiger partial charge in [0.2, 0.25) is 0 Å². The molecule has 0 bridgehead atoms. The van der Waals surface area contributed by atoms with Crippen LogP contribution in [0.4, 0.5) is 11.4 Å². The van der Waals surface area contributed by atoms with Gasteiger partial charge in [-0.15, -0.1) is 0 Å². The standard InChI is InChI=1S/C53H42N8.Pt/c1-58(2)41-31-47(45-35-60(39-23-13-7-14-24-39)51-43(45)27-17-29-54-51)56-49(33-41)53(37-19-9-5-10-20-37,38-21-11-6-12-22-38)50-34-42(59(3)4)32-48(57-50)46-36-61(40-25-15-8-16-26-40)52-44(46)28-18-30-55-52;/h5-34H,1-4H3;/q-2;+2. The van der Waals surface area contributed by atoms with E-state index in [2.05, 4.69) is 172 Å². The van der Waals surface area contributed by atoms with Crippen LogP contribution in [0, 0.1) is 12.4 Å². The molecule has 0 saturated carbocycles. The maximum atomic E-state index is 5.74. The van der Waals surface area contributed by atoms with E-state index in [1.165, 1.54) is 0 Å². The van der Waals surface area contributed by atoms with Crippen LogP contribution in [0.1, 0.15) is 22.5 Å². The first kappa shape index (κ1) is 40.3. The second kappa shape index (κ2) is 16.7. The molecular weight excluding hydrogens is 944 g/mol. The van der Waals surface area contributed by atoms with Crippen LogP contribution < -0.4 is 9.80 Å². The van der Waals surface area contributed by atoms with E-state index in [-0.39, 0.29) is 21.1 Å². The summed E-state index contributed by atoms with van der Waals surface area (Å²) in [6, 6.07) is 58.6. The smallest absolute Gasteiger partial charge is 0.402 e. The molecule has 62 heavy (non-hydrogen) atoms. The minimum absolute atomic E-state index is 0. The van der Waals surface area contributed by atoms with Crippen molar-refractivity contribution in [2.45, 2.75) is 5.41 Å². The average Bonchev–Trinajstić information content (AvgIpc) is 3.90. The van der Waals surface area contributed by atoms with Crippen LogP contribution in [0.2, 0.25) is 0 Å². The number of para-hydroxylation sites is 2. The third kappa shape index (κ3) is 6.96. The van der Waals surface area contributed by atoms with Gasteiger partial charge in [0.05, 0.1) is 11.4 Å². The summed E-state index contributed by atoms with van der Waals surface area (Å²) in [5.41, 5.74) is 11.5. The van der Waals surface area contributed by atoms with Crippen LogP contribution in [0.5, 0.6) is 0 Å². The third-order valence-electron chi connectivity index (χ3n) is 11.4. The number of nitrogens with zero attached hydrogens (tertiary/aromatic N) is 8. The molecule has 9 heteroatoms. The van der Waals surface area contributed by atoms with Gasteiger partial charge in [-0.25, -0.2) is 0 Å². The van der Waals surface area contributed by atoms with Crippen molar-refractivity contribution in [2.24, 2.45) is 0 Å². The maximum Gasteiger partial charge on any atom is 2.00 e. The molecule has 10 rings (SSSR count). The largest absolute Gasteiger partial charge is 2.00 e. The fourth-order valence-electron chi connectivity index (χ4n) is 8.36. The molecule has 0 saturated heterocycles. The van der Waals surface area contributed by atoms with E-state index in [9.17, 15) is 0 Å². The van der Waals surface area contributed by atoms with Crippen molar-refractivity contribution in [1.29, 1.82) is 0 Å². The molecule has 6 aromatic heterocycles. The van der Waals surface area contributed by atoms with E-state index in [4.69, 9.17) is 19.9 Å². The Labute approximate surface area is 376 Å². The van der Waals surface area contributed by atoms with Crippen LogP contribution in [-0.2, 0) is 26.5 Å². The summed E-state index contributed by atoms with van der Waals surface area (Å²) < 4.78 is 4.06. The monoisotopic (exact) mass is 985 g/mol. The number of aromatic nitrogens is 6. The van der Waals surface area contributed by atoms with Gasteiger partial charge >= 0.3 is 21.1 Å². The Kier molecular flexibility index (Phi) is 10.9. The molecular formula is C53H42N8Pt. The van der Waals surface area contributed by atoms with Gasteiger partial charge in [0.15, 0.2) is 0 Å². The first-order chi connectivity index (χ1) is 29.9. The van der Waals surface area contributed by atoms with Gasteiger partial charge in [0.1, 0.15) is 5.41 Å². The molecule has 4 aromatic carbocycles. The van der Waals surface area contributed by atoms with Gasteiger partial charge in [0, 0.05) is 74.6 Å². The van der Waals surface area contributed by atoms with Crippen molar-refractivity contribution in [3.05, 3.63) is 217 Å². The Bertz CT molecular complexity index is 2930. The molecule has 0 aliphatic heterocycles. The average molecular weight is 986 g/mol. The predicted molar refractivity (Wildman–Crippen MR) is 247 cm³/mol. The minimum Gasteiger partial charge on any atom is -0.402 e. The molecule has 0 aliphatic rings. The summed E-state index contributed by atoms with van der Waals surface area (Å²) in [7, 11) is 8.29. The molecule has 0 radical (unpaired) electrons. The molecule has 0 unspecified atom stereocenters. The van der Waals surface area contributed by atoms with Gasteiger partial charge in [-0.3, -0.25) is 19.9 Å². The zero-order valence-electron chi connectivity index (χ0n) is 34.7. The molecule has 304 valence electrons. The molecule has 10 aromatic rings. The topological polar surface area (TPSA) is 67.9 Å². The van der Waals surface area contributed by atoms with Gasteiger partial charge in [0.25, 0.3) is 0 Å². The number of pyridine rings is 4. The van der Waals surface area contributed by atoms with Crippen molar-refractivity contribution in [3.63, 3.8) is 0 Å². The molecule has 0 N–H and O–H groups in total. The number of fused-ring (bicyclic) bond motifs is 2. The second-order valence-electron chi connectivity index (χ2n) is 15.5. The summed E-state index contributed by atoms with van der Waals surface area (Å²) in [4.78, 5) is 25.5. The van der Waals surface area contributed by atoms with Crippen LogP contribution >= 0.6 is 0 Å². The van der Waals surface area contributed by atoms with Gasteiger partial charge in [-0.2, -0.15) is 0 Å². The molecule has 0 fully saturated rings. The van der Waals surface area contributed by atoms with Crippen LogP contribution in [-0.4, -0.2) is 57.3 Å².